The first kappa shape index (κ1) is 23.7. The summed E-state index contributed by atoms with van der Waals surface area (Å²) in [5.74, 6) is -1.31. The summed E-state index contributed by atoms with van der Waals surface area (Å²) in [6.45, 7) is 2.74. The molecule has 0 aliphatic heterocycles. The van der Waals surface area contributed by atoms with E-state index in [2.05, 4.69) is 11.4 Å². The number of hydrogen-bond acceptors (Lipinski definition) is 11. The second-order valence-corrected chi connectivity index (χ2v) is 11.5. The molecule has 0 aliphatic carbocycles. The van der Waals surface area contributed by atoms with Crippen LogP contribution < -0.4 is 0 Å². The Bertz CT molecular complexity index is 803. The minimum atomic E-state index is -4.70. The Morgan fingerprint density at radius 3 is 1.50 bits per heavy atom. The summed E-state index contributed by atoms with van der Waals surface area (Å²) in [6, 6.07) is 0. The van der Waals surface area contributed by atoms with E-state index in [1.54, 1.807) is 0 Å². The van der Waals surface area contributed by atoms with Crippen LogP contribution in [0.2, 0.25) is 0 Å². The van der Waals surface area contributed by atoms with Crippen LogP contribution in [0.25, 0.3) is 0 Å². The molecule has 0 spiro atoms. The standard InChI is InChI=1S/C9H20O11S4/c1-9(2)18-24(16,17)20-23(14,15)8-6-4-5-7-22(12,13)19-21(3,10)11/h9H,4-8H2,1-3H3. The van der Waals surface area contributed by atoms with Gasteiger partial charge in [0.05, 0.1) is 23.9 Å². The molecule has 11 nitrogen and oxygen atoms in total. The molecule has 0 heterocycles. The fraction of sp³-hybridized carbons (Fsp3) is 1.00. The van der Waals surface area contributed by atoms with E-state index in [9.17, 15) is 33.7 Å². The van der Waals surface area contributed by atoms with Crippen molar-refractivity contribution in [2.45, 2.75) is 39.2 Å². The first-order valence-electron chi connectivity index (χ1n) is 6.54. The van der Waals surface area contributed by atoms with E-state index < -0.39 is 58.4 Å². The third-order valence-electron chi connectivity index (χ3n) is 2.01. The molecule has 0 bridgehead atoms. The predicted molar refractivity (Wildman–Crippen MR) is 83.6 cm³/mol. The second-order valence-electron chi connectivity index (χ2n) is 4.98. The molecule has 0 aromatic carbocycles. The molecule has 0 radical (unpaired) electrons. The first-order valence-corrected chi connectivity index (χ1v) is 12.8. The second kappa shape index (κ2) is 8.86. The van der Waals surface area contributed by atoms with Crippen LogP contribution in [0.4, 0.5) is 0 Å². The summed E-state index contributed by atoms with van der Waals surface area (Å²) in [6.07, 6.45) is -0.352. The van der Waals surface area contributed by atoms with E-state index in [1.165, 1.54) is 13.8 Å². The van der Waals surface area contributed by atoms with Crippen LogP contribution in [0, 0.1) is 0 Å². The Kier molecular flexibility index (Phi) is 8.75. The van der Waals surface area contributed by atoms with Crippen LogP contribution in [0.5, 0.6) is 0 Å². The first-order chi connectivity index (χ1) is 10.5. The Balaban J connectivity index is 4.33. The molecule has 0 rings (SSSR count). The Morgan fingerprint density at radius 2 is 1.12 bits per heavy atom. The summed E-state index contributed by atoms with van der Waals surface area (Å²) in [5, 5.41) is 0. The maximum Gasteiger partial charge on any atom is 0.414 e. The zero-order valence-electron chi connectivity index (χ0n) is 13.2. The summed E-state index contributed by atoms with van der Waals surface area (Å²) >= 11 is 0. The number of rotatable bonds is 12. The van der Waals surface area contributed by atoms with Crippen LogP contribution in [0.15, 0.2) is 0 Å². The van der Waals surface area contributed by atoms with Gasteiger partial charge in [-0.05, 0) is 26.7 Å². The molecule has 24 heavy (non-hydrogen) atoms. The molecule has 146 valence electrons. The van der Waals surface area contributed by atoms with Gasteiger partial charge in [-0.2, -0.15) is 33.7 Å². The largest absolute Gasteiger partial charge is 0.414 e. The van der Waals surface area contributed by atoms with Crippen molar-refractivity contribution in [1.29, 1.82) is 0 Å². The fourth-order valence-electron chi connectivity index (χ4n) is 1.37. The highest BCUT2D eigenvalue weighted by molar-refractivity contribution is 7.99. The summed E-state index contributed by atoms with van der Waals surface area (Å²) in [7, 11) is -17.6. The lowest BCUT2D eigenvalue weighted by Crippen LogP contribution is -2.21. The SMILES string of the molecule is CC(C)OS(=O)(=O)OS(=O)(=O)CCCCCS(=O)(=O)OS(C)(=O)=O. The molecule has 0 amide bonds. The summed E-state index contributed by atoms with van der Waals surface area (Å²) in [5.41, 5.74) is 0. The normalized spacial score (nSPS) is 14.2. The lowest BCUT2D eigenvalue weighted by molar-refractivity contribution is 0.218. The molecular formula is C9H20O11S4. The molecule has 0 fully saturated rings. The predicted octanol–water partition coefficient (Wildman–Crippen LogP) is -0.521. The van der Waals surface area contributed by atoms with Gasteiger partial charge in [0.15, 0.2) is 0 Å². The molecule has 0 aromatic rings. The van der Waals surface area contributed by atoms with Crippen molar-refractivity contribution in [3.8, 4) is 0 Å². The lowest BCUT2D eigenvalue weighted by Gasteiger charge is -2.08. The van der Waals surface area contributed by atoms with Gasteiger partial charge in [0, 0.05) is 0 Å². The van der Waals surface area contributed by atoms with E-state index in [-0.39, 0.29) is 19.3 Å². The van der Waals surface area contributed by atoms with Crippen LogP contribution >= 0.6 is 0 Å². The maximum absolute atomic E-state index is 11.5. The summed E-state index contributed by atoms with van der Waals surface area (Å²) < 4.78 is 101. The van der Waals surface area contributed by atoms with E-state index in [1.807, 2.05) is 0 Å². The zero-order chi connectivity index (χ0) is 19.2. The Hall–Kier alpha value is -0.320. The van der Waals surface area contributed by atoms with Crippen molar-refractivity contribution >= 4 is 40.8 Å². The number of unbranched alkanes of at least 4 members (excludes halogenated alkanes) is 2. The molecule has 0 aromatic heterocycles. The molecule has 0 saturated heterocycles. The number of hydrogen-bond donors (Lipinski definition) is 0. The van der Waals surface area contributed by atoms with E-state index in [4.69, 9.17) is 0 Å². The van der Waals surface area contributed by atoms with E-state index >= 15 is 0 Å². The highest BCUT2D eigenvalue weighted by Gasteiger charge is 2.25. The lowest BCUT2D eigenvalue weighted by atomic mass is 10.3. The average molecular weight is 433 g/mol. The molecule has 0 N–H and O–H groups in total. The van der Waals surface area contributed by atoms with Gasteiger partial charge in [-0.15, -0.1) is 7.26 Å². The quantitative estimate of drug-likeness (QED) is 0.364. The Morgan fingerprint density at radius 1 is 0.708 bits per heavy atom. The van der Waals surface area contributed by atoms with Crippen molar-refractivity contribution in [2.75, 3.05) is 17.8 Å². The zero-order valence-corrected chi connectivity index (χ0v) is 16.5. The van der Waals surface area contributed by atoms with Crippen LogP contribution in [0.3, 0.4) is 0 Å². The van der Waals surface area contributed by atoms with Crippen molar-refractivity contribution in [3.05, 3.63) is 0 Å². The molecule has 0 unspecified atom stereocenters. The van der Waals surface area contributed by atoms with Gasteiger partial charge in [0.2, 0.25) is 0 Å². The van der Waals surface area contributed by atoms with Gasteiger partial charge in [0.25, 0.3) is 30.4 Å². The van der Waals surface area contributed by atoms with Crippen molar-refractivity contribution < 1.29 is 45.1 Å². The van der Waals surface area contributed by atoms with Gasteiger partial charge < -0.3 is 0 Å². The minimum Gasteiger partial charge on any atom is -0.245 e. The summed E-state index contributed by atoms with van der Waals surface area (Å²) in [4.78, 5) is 0. The topological polar surface area (TPSA) is 164 Å². The smallest absolute Gasteiger partial charge is 0.245 e. The molecule has 15 heteroatoms. The minimum absolute atomic E-state index is 0.0556. The van der Waals surface area contributed by atoms with Crippen LogP contribution in [0.1, 0.15) is 33.1 Å². The third kappa shape index (κ3) is 13.0. The molecule has 0 saturated carbocycles. The van der Waals surface area contributed by atoms with Gasteiger partial charge in [-0.25, -0.2) is 4.18 Å². The van der Waals surface area contributed by atoms with Gasteiger partial charge in [-0.3, -0.25) is 0 Å². The van der Waals surface area contributed by atoms with Crippen molar-refractivity contribution in [2.24, 2.45) is 0 Å². The Labute approximate surface area is 143 Å². The van der Waals surface area contributed by atoms with Gasteiger partial charge >= 0.3 is 10.4 Å². The fourth-order valence-corrected chi connectivity index (χ4v) is 6.15. The highest BCUT2D eigenvalue weighted by Crippen LogP contribution is 2.10. The van der Waals surface area contributed by atoms with Crippen LogP contribution in [-0.4, -0.2) is 57.5 Å². The van der Waals surface area contributed by atoms with Crippen molar-refractivity contribution in [3.63, 3.8) is 0 Å². The average Bonchev–Trinajstić information content (AvgIpc) is 2.20. The van der Waals surface area contributed by atoms with E-state index in [0.29, 0.717) is 6.26 Å². The molecular weight excluding hydrogens is 412 g/mol. The third-order valence-corrected chi connectivity index (χ3v) is 7.53. The van der Waals surface area contributed by atoms with Gasteiger partial charge in [-0.1, -0.05) is 6.42 Å². The maximum atomic E-state index is 11.5. The molecule has 0 aliphatic rings. The van der Waals surface area contributed by atoms with Crippen LogP contribution in [-0.2, 0) is 52.2 Å². The molecule has 0 atom stereocenters. The van der Waals surface area contributed by atoms with Gasteiger partial charge in [0.1, 0.15) is 0 Å². The highest BCUT2D eigenvalue weighted by atomic mass is 32.3. The van der Waals surface area contributed by atoms with Crippen molar-refractivity contribution in [1.82, 2.24) is 0 Å². The monoisotopic (exact) mass is 432 g/mol. The van der Waals surface area contributed by atoms with E-state index in [0.717, 1.165) is 0 Å².